The van der Waals surface area contributed by atoms with E-state index in [1.54, 1.807) is 0 Å². The molecule has 0 radical (unpaired) electrons. The lowest BCUT2D eigenvalue weighted by Gasteiger charge is -2.57. The number of alkyl carbamates (subject to hydrolysis) is 1. The van der Waals surface area contributed by atoms with Crippen LogP contribution in [-0.4, -0.2) is 85.5 Å². The fourth-order valence-electron chi connectivity index (χ4n) is 10.5. The van der Waals surface area contributed by atoms with Crippen molar-refractivity contribution < 1.29 is 23.8 Å². The fourth-order valence-corrected chi connectivity index (χ4v) is 12.0. The first-order valence-electron chi connectivity index (χ1n) is 21.1. The van der Waals surface area contributed by atoms with Crippen molar-refractivity contribution >= 4 is 46.5 Å². The number of alkyl halides is 1. The summed E-state index contributed by atoms with van der Waals surface area (Å²) in [4.78, 5) is 33.2. The summed E-state index contributed by atoms with van der Waals surface area (Å²) >= 11 is 2.82. The monoisotopic (exact) mass is 884 g/mol. The number of ether oxygens (including phenoxy) is 3. The van der Waals surface area contributed by atoms with Gasteiger partial charge in [0.1, 0.15) is 12.1 Å². The minimum Gasteiger partial charge on any atom is -0.446 e. The van der Waals surface area contributed by atoms with E-state index in [1.807, 2.05) is 0 Å². The minimum absolute atomic E-state index is 0.0394. The van der Waals surface area contributed by atoms with E-state index in [-0.39, 0.29) is 33.4 Å². The molecule has 0 aliphatic heterocycles. The van der Waals surface area contributed by atoms with Crippen molar-refractivity contribution in [2.45, 2.75) is 133 Å². The molecule has 10 N–H and O–H groups in total. The Morgan fingerprint density at radius 2 is 1.60 bits per heavy atom. The van der Waals surface area contributed by atoms with Crippen molar-refractivity contribution in [3.8, 4) is 0 Å². The maximum Gasteiger partial charge on any atom is 0.407 e. The zero-order valence-corrected chi connectivity index (χ0v) is 36.3. The van der Waals surface area contributed by atoms with Crippen LogP contribution in [0.25, 0.3) is 0 Å². The molecule has 0 saturated heterocycles. The molecule has 0 aromatic rings. The fraction of sp³-hybridized carbons (Fsp3) is 0.854. The van der Waals surface area contributed by atoms with Gasteiger partial charge in [0.15, 0.2) is 11.9 Å². The van der Waals surface area contributed by atoms with Gasteiger partial charge in [-0.2, -0.15) is 0 Å². The van der Waals surface area contributed by atoms with E-state index in [0.717, 1.165) is 54.8 Å². The third-order valence-electron chi connectivity index (χ3n) is 13.2. The molecule has 13 nitrogen and oxygen atoms in total. The summed E-state index contributed by atoms with van der Waals surface area (Å²) < 4.78 is 17.3. The molecule has 9 atom stereocenters. The lowest BCUT2D eigenvalue weighted by Crippen LogP contribution is -2.53. The van der Waals surface area contributed by atoms with Crippen LogP contribution in [0.4, 0.5) is 4.79 Å². The summed E-state index contributed by atoms with van der Waals surface area (Å²) in [5.41, 5.74) is 23.7. The standard InChI is InChI=1S/C41H73IN8O5/c1-27(2)8-7-9-28(3)32-13-14-33-31-12-11-29-26-30(15-18-41(29,42)34(31)16-17-40(32,33)4)55-39(52)49-21-23-54-25-24-53-22-20-47-36(51)35(50-38(45)46)10-5-6-19-48-37(43)44/h11,27-28,30-35H,5-10,12-26H2,1-4H3,(H,47,51)(H,49,52)(H4,43,44,48)(H4,45,46,50). The molecular formula is C41H73IN8O5. The van der Waals surface area contributed by atoms with Gasteiger partial charge in [-0.1, -0.05) is 81.2 Å². The Morgan fingerprint density at radius 3 is 2.29 bits per heavy atom. The van der Waals surface area contributed by atoms with Crippen LogP contribution in [-0.2, 0) is 19.0 Å². The number of nitrogens with one attached hydrogen (secondary N) is 2. The number of nitrogens with two attached hydrogens (primary N) is 4. The SMILES string of the molecule is CC(C)CCCC(C)C1CCC2C3CC=C4CC(OC(=O)NCCOCCOCCNC(=O)C(CCCCN=C(N)N)N=C(N)N)CCC4(I)C3CCC12C. The van der Waals surface area contributed by atoms with Gasteiger partial charge in [-0.25, -0.2) is 9.79 Å². The highest BCUT2D eigenvalue weighted by Gasteiger charge is 2.59. The summed E-state index contributed by atoms with van der Waals surface area (Å²) in [6.45, 7) is 12.5. The molecule has 314 valence electrons. The number of nitrogens with zero attached hydrogens (tertiary/aromatic N) is 2. The van der Waals surface area contributed by atoms with Crippen LogP contribution < -0.4 is 33.6 Å². The smallest absolute Gasteiger partial charge is 0.407 e. The first-order chi connectivity index (χ1) is 26.2. The van der Waals surface area contributed by atoms with Crippen LogP contribution in [0.1, 0.15) is 118 Å². The van der Waals surface area contributed by atoms with Gasteiger partial charge in [0, 0.05) is 29.5 Å². The van der Waals surface area contributed by atoms with Gasteiger partial charge < -0.3 is 47.8 Å². The van der Waals surface area contributed by atoms with Gasteiger partial charge >= 0.3 is 6.09 Å². The maximum absolute atomic E-state index is 12.7. The molecule has 0 heterocycles. The van der Waals surface area contributed by atoms with Crippen molar-refractivity contribution in [2.24, 2.45) is 73.8 Å². The summed E-state index contributed by atoms with van der Waals surface area (Å²) in [7, 11) is 0. The predicted molar refractivity (Wildman–Crippen MR) is 229 cm³/mol. The molecule has 9 unspecified atom stereocenters. The van der Waals surface area contributed by atoms with E-state index in [2.05, 4.69) is 77.0 Å². The molecule has 55 heavy (non-hydrogen) atoms. The number of rotatable bonds is 22. The number of carbonyl (C=O) groups excluding carboxylic acids is 2. The van der Waals surface area contributed by atoms with Crippen LogP contribution in [0.3, 0.4) is 0 Å². The van der Waals surface area contributed by atoms with E-state index in [4.69, 9.17) is 37.1 Å². The molecule has 0 spiro atoms. The van der Waals surface area contributed by atoms with E-state index in [1.165, 1.54) is 56.9 Å². The first-order valence-corrected chi connectivity index (χ1v) is 22.2. The Kier molecular flexibility index (Phi) is 18.1. The molecule has 3 fully saturated rings. The van der Waals surface area contributed by atoms with Crippen LogP contribution in [0.2, 0.25) is 0 Å². The molecule has 4 rings (SSSR count). The number of guanidine groups is 2. The molecule has 4 aliphatic carbocycles. The van der Waals surface area contributed by atoms with Crippen molar-refractivity contribution in [2.75, 3.05) is 46.1 Å². The van der Waals surface area contributed by atoms with Crippen LogP contribution >= 0.6 is 22.6 Å². The Hall–Kier alpha value is -2.33. The average molecular weight is 885 g/mol. The molecular weight excluding hydrogens is 811 g/mol. The molecule has 3 saturated carbocycles. The second-order valence-electron chi connectivity index (χ2n) is 17.3. The molecule has 0 aromatic carbocycles. The topological polar surface area (TPSA) is 215 Å². The number of aliphatic imine (C=N–C) groups is 2. The third kappa shape index (κ3) is 13.1. The number of hydrogen-bond donors (Lipinski definition) is 6. The van der Waals surface area contributed by atoms with Crippen LogP contribution in [0.5, 0.6) is 0 Å². The summed E-state index contributed by atoms with van der Waals surface area (Å²) in [5, 5.41) is 5.65. The largest absolute Gasteiger partial charge is 0.446 e. The molecule has 2 amide bonds. The van der Waals surface area contributed by atoms with Crippen molar-refractivity contribution in [1.29, 1.82) is 0 Å². The summed E-state index contributed by atoms with van der Waals surface area (Å²) in [5.74, 6) is 4.50. The highest BCUT2D eigenvalue weighted by atomic mass is 127. The zero-order chi connectivity index (χ0) is 40.0. The van der Waals surface area contributed by atoms with E-state index in [0.29, 0.717) is 70.7 Å². The predicted octanol–water partition coefficient (Wildman–Crippen LogP) is 5.53. The number of allylic oxidation sites excluding steroid dienone is 1. The molecule has 4 aliphatic rings. The highest BCUT2D eigenvalue weighted by molar-refractivity contribution is 14.1. The number of unbranched alkanes of at least 4 members (excludes halogenated alkanes) is 1. The molecule has 0 bridgehead atoms. The second-order valence-corrected chi connectivity index (χ2v) is 19.2. The number of hydrogen-bond acceptors (Lipinski definition) is 7. The van der Waals surface area contributed by atoms with Gasteiger partial charge in [0.2, 0.25) is 5.91 Å². The Morgan fingerprint density at radius 1 is 0.873 bits per heavy atom. The lowest BCUT2D eigenvalue weighted by molar-refractivity contribution is -0.122. The second kappa shape index (κ2) is 22.0. The van der Waals surface area contributed by atoms with E-state index in [9.17, 15) is 9.59 Å². The normalized spacial score (nSPS) is 29.5. The molecule has 14 heteroatoms. The Bertz CT molecular complexity index is 1320. The average Bonchev–Trinajstić information content (AvgIpc) is 3.48. The lowest BCUT2D eigenvalue weighted by atomic mass is 9.51. The summed E-state index contributed by atoms with van der Waals surface area (Å²) in [6, 6.07) is -0.687. The van der Waals surface area contributed by atoms with E-state index < -0.39 is 6.04 Å². The minimum atomic E-state index is -0.687. The van der Waals surface area contributed by atoms with Crippen LogP contribution in [0.15, 0.2) is 21.6 Å². The number of carbonyl (C=O) groups is 2. The Labute approximate surface area is 344 Å². The van der Waals surface area contributed by atoms with E-state index >= 15 is 0 Å². The quantitative estimate of drug-likeness (QED) is 0.0201. The van der Waals surface area contributed by atoms with Gasteiger partial charge in [-0.3, -0.25) is 9.79 Å². The number of halogens is 1. The van der Waals surface area contributed by atoms with Gasteiger partial charge in [-0.15, -0.1) is 0 Å². The van der Waals surface area contributed by atoms with Gasteiger partial charge in [0.25, 0.3) is 0 Å². The first kappa shape index (κ1) is 45.4. The van der Waals surface area contributed by atoms with Crippen molar-refractivity contribution in [1.82, 2.24) is 10.6 Å². The van der Waals surface area contributed by atoms with Gasteiger partial charge in [0.05, 0.1) is 26.4 Å². The van der Waals surface area contributed by atoms with Gasteiger partial charge in [-0.05, 0) is 105 Å². The number of amides is 2. The van der Waals surface area contributed by atoms with Crippen LogP contribution in [0, 0.1) is 40.9 Å². The Balaban J connectivity index is 1.08. The highest BCUT2D eigenvalue weighted by Crippen LogP contribution is 2.67. The molecule has 0 aromatic heterocycles. The zero-order valence-electron chi connectivity index (χ0n) is 34.2. The van der Waals surface area contributed by atoms with Crippen molar-refractivity contribution in [3.05, 3.63) is 11.6 Å². The maximum atomic E-state index is 12.7. The third-order valence-corrected chi connectivity index (χ3v) is 15.2. The number of fused-ring (bicyclic) bond motifs is 5. The summed E-state index contributed by atoms with van der Waals surface area (Å²) in [6.07, 6.45) is 17.7. The van der Waals surface area contributed by atoms with Crippen molar-refractivity contribution in [3.63, 3.8) is 0 Å².